The van der Waals surface area contributed by atoms with Crippen LogP contribution in [0.1, 0.15) is 30.9 Å². The van der Waals surface area contributed by atoms with Crippen molar-refractivity contribution in [1.82, 2.24) is 10.2 Å². The molecule has 0 radical (unpaired) electrons. The van der Waals surface area contributed by atoms with Crippen molar-refractivity contribution in [2.24, 2.45) is 0 Å². The molecule has 4 rings (SSSR count). The van der Waals surface area contributed by atoms with Crippen molar-refractivity contribution < 1.29 is 22.4 Å². The Morgan fingerprint density at radius 1 is 0.848 bits per heavy atom. The van der Waals surface area contributed by atoms with Crippen LogP contribution in [0.15, 0.2) is 102 Å². The number of amides is 2. The molecule has 0 aromatic heterocycles. The number of halogens is 4. The number of benzene rings is 4. The minimum absolute atomic E-state index is 0.0358. The van der Waals surface area contributed by atoms with Crippen LogP contribution in [0.25, 0.3) is 0 Å². The zero-order valence-electron chi connectivity index (χ0n) is 25.0. The third-order valence-corrected chi connectivity index (χ3v) is 10.1. The van der Waals surface area contributed by atoms with E-state index in [1.807, 2.05) is 37.3 Å². The molecule has 0 spiro atoms. The van der Waals surface area contributed by atoms with Crippen molar-refractivity contribution in [1.29, 1.82) is 0 Å². The van der Waals surface area contributed by atoms with Crippen molar-refractivity contribution in [2.45, 2.75) is 43.7 Å². The lowest BCUT2D eigenvalue weighted by Gasteiger charge is -2.34. The minimum Gasteiger partial charge on any atom is -0.354 e. The van der Waals surface area contributed by atoms with Crippen LogP contribution in [0.2, 0.25) is 15.1 Å². The number of hydrogen-bond donors (Lipinski definition) is 1. The largest absolute Gasteiger partial charge is 0.354 e. The summed E-state index contributed by atoms with van der Waals surface area (Å²) in [4.78, 5) is 29.5. The predicted octanol–water partition coefficient (Wildman–Crippen LogP) is 7.54. The maximum Gasteiger partial charge on any atom is 0.264 e. The number of nitrogens with one attached hydrogen (secondary N) is 1. The fourth-order valence-electron chi connectivity index (χ4n) is 4.80. The molecule has 7 nitrogen and oxygen atoms in total. The predicted molar refractivity (Wildman–Crippen MR) is 181 cm³/mol. The molecule has 4 aromatic rings. The molecule has 2 amide bonds. The minimum atomic E-state index is -4.37. The van der Waals surface area contributed by atoms with Gasteiger partial charge in [-0.3, -0.25) is 13.9 Å². The SMILES string of the molecule is CCCCNC(=O)[C@@H](Cc1ccccc1)N(Cc1c(Cl)cccc1Cl)C(=O)CN(c1ccc(F)c(Cl)c1)S(=O)(=O)c1ccccc1. The van der Waals surface area contributed by atoms with Crippen molar-refractivity contribution in [3.8, 4) is 0 Å². The fourth-order valence-corrected chi connectivity index (χ4v) is 6.92. The lowest BCUT2D eigenvalue weighted by Crippen LogP contribution is -2.53. The lowest BCUT2D eigenvalue weighted by molar-refractivity contribution is -0.140. The molecule has 0 saturated carbocycles. The number of sulfonamides is 1. The monoisotopic (exact) mass is 703 g/mol. The van der Waals surface area contributed by atoms with E-state index >= 15 is 0 Å². The molecule has 1 N–H and O–H groups in total. The Labute approximate surface area is 283 Å². The summed E-state index contributed by atoms with van der Waals surface area (Å²) in [5, 5.41) is 3.14. The Hall–Kier alpha value is -3.63. The molecule has 0 aliphatic heterocycles. The summed E-state index contributed by atoms with van der Waals surface area (Å²) in [6.45, 7) is 1.44. The van der Waals surface area contributed by atoms with Crippen LogP contribution in [-0.4, -0.2) is 44.3 Å². The first-order valence-electron chi connectivity index (χ1n) is 14.6. The normalized spacial score (nSPS) is 11.9. The van der Waals surface area contributed by atoms with Gasteiger partial charge in [0.05, 0.1) is 15.6 Å². The number of rotatable bonds is 14. The second-order valence-corrected chi connectivity index (χ2v) is 13.6. The van der Waals surface area contributed by atoms with E-state index in [-0.39, 0.29) is 38.6 Å². The lowest BCUT2D eigenvalue weighted by atomic mass is 10.0. The van der Waals surface area contributed by atoms with Gasteiger partial charge in [0.2, 0.25) is 11.8 Å². The van der Waals surface area contributed by atoms with Crippen LogP contribution >= 0.6 is 34.8 Å². The average molecular weight is 705 g/mol. The molecule has 0 aliphatic rings. The van der Waals surface area contributed by atoms with Gasteiger partial charge in [-0.1, -0.05) is 103 Å². The maximum absolute atomic E-state index is 14.5. The van der Waals surface area contributed by atoms with Crippen molar-refractivity contribution in [3.05, 3.63) is 129 Å². The molecule has 242 valence electrons. The number of unbranched alkanes of at least 4 members (excludes halogenated alkanes) is 1. The van der Waals surface area contributed by atoms with Gasteiger partial charge >= 0.3 is 0 Å². The highest BCUT2D eigenvalue weighted by Gasteiger charge is 2.35. The molecule has 1 atom stereocenters. The van der Waals surface area contributed by atoms with Crippen LogP contribution in [0.3, 0.4) is 0 Å². The molecule has 46 heavy (non-hydrogen) atoms. The zero-order chi connectivity index (χ0) is 33.3. The van der Waals surface area contributed by atoms with E-state index in [9.17, 15) is 22.4 Å². The van der Waals surface area contributed by atoms with Crippen LogP contribution in [0.4, 0.5) is 10.1 Å². The molecule has 0 aliphatic carbocycles. The molecule has 0 fully saturated rings. The van der Waals surface area contributed by atoms with Gasteiger partial charge in [-0.15, -0.1) is 0 Å². The fraction of sp³-hybridized carbons (Fsp3) is 0.235. The van der Waals surface area contributed by atoms with Gasteiger partial charge < -0.3 is 10.2 Å². The van der Waals surface area contributed by atoms with Gasteiger partial charge in [0.15, 0.2) is 0 Å². The summed E-state index contributed by atoms with van der Waals surface area (Å²) in [5.41, 5.74) is 1.13. The van der Waals surface area contributed by atoms with Crippen molar-refractivity contribution in [3.63, 3.8) is 0 Å². The molecule has 12 heteroatoms. The Bertz CT molecular complexity index is 1740. The van der Waals surface area contributed by atoms with E-state index in [0.717, 1.165) is 34.8 Å². The topological polar surface area (TPSA) is 86.8 Å². The van der Waals surface area contributed by atoms with Crippen molar-refractivity contribution >= 4 is 62.3 Å². The third kappa shape index (κ3) is 8.79. The van der Waals surface area contributed by atoms with Gasteiger partial charge in [0.25, 0.3) is 10.0 Å². The maximum atomic E-state index is 14.5. The smallest absolute Gasteiger partial charge is 0.264 e. The van der Waals surface area contributed by atoms with E-state index in [2.05, 4.69) is 5.32 Å². The molecule has 0 heterocycles. The summed E-state index contributed by atoms with van der Waals surface area (Å²) in [7, 11) is -4.37. The quantitative estimate of drug-likeness (QED) is 0.138. The summed E-state index contributed by atoms with van der Waals surface area (Å²) in [6, 6.07) is 23.9. The van der Waals surface area contributed by atoms with E-state index in [0.29, 0.717) is 12.1 Å². The van der Waals surface area contributed by atoms with Gasteiger partial charge in [-0.05, 0) is 54.4 Å². The highest BCUT2D eigenvalue weighted by Crippen LogP contribution is 2.30. The Morgan fingerprint density at radius 3 is 2.09 bits per heavy atom. The molecule has 0 bridgehead atoms. The van der Waals surface area contributed by atoms with E-state index in [4.69, 9.17) is 34.8 Å². The van der Waals surface area contributed by atoms with Gasteiger partial charge in [-0.25, -0.2) is 12.8 Å². The van der Waals surface area contributed by atoms with E-state index < -0.39 is 40.2 Å². The average Bonchev–Trinajstić information content (AvgIpc) is 3.05. The van der Waals surface area contributed by atoms with Crippen LogP contribution < -0.4 is 9.62 Å². The second-order valence-electron chi connectivity index (χ2n) is 10.5. The summed E-state index contributed by atoms with van der Waals surface area (Å²) in [6.07, 6.45) is 1.69. The first kappa shape index (κ1) is 35.2. The van der Waals surface area contributed by atoms with E-state index in [1.165, 1.54) is 23.1 Å². The molecular weight excluding hydrogens is 672 g/mol. The second kappa shape index (κ2) is 16.3. The molecule has 4 aromatic carbocycles. The number of anilines is 1. The number of nitrogens with zero attached hydrogens (tertiary/aromatic N) is 2. The molecular formula is C34H33Cl3FN3O4S. The highest BCUT2D eigenvalue weighted by atomic mass is 35.5. The third-order valence-electron chi connectivity index (χ3n) is 7.29. The number of carbonyl (C=O) groups excluding carboxylic acids is 2. The zero-order valence-corrected chi connectivity index (χ0v) is 28.1. The van der Waals surface area contributed by atoms with Gasteiger partial charge in [-0.2, -0.15) is 0 Å². The summed E-state index contributed by atoms with van der Waals surface area (Å²) < 4.78 is 43.1. The first-order chi connectivity index (χ1) is 22.0. The standard InChI is InChI=1S/C34H33Cl3FN3O4S/c1-2-3-19-39-34(43)32(20-24-11-6-4-7-12-24)40(22-27-28(35)15-10-16-29(27)36)33(42)23-41(25-17-18-31(38)30(37)21-25)46(44,45)26-13-8-5-9-14-26/h4-18,21,32H,2-3,19-20,22-23H2,1H3,(H,39,43)/t32-/m1/s1. The van der Waals surface area contributed by atoms with Crippen molar-refractivity contribution in [2.75, 3.05) is 17.4 Å². The number of carbonyl (C=O) groups is 2. The van der Waals surface area contributed by atoms with Crippen LogP contribution in [0, 0.1) is 5.82 Å². The Kier molecular flexibility index (Phi) is 12.5. The van der Waals surface area contributed by atoms with Crippen LogP contribution in [-0.2, 0) is 32.6 Å². The Morgan fingerprint density at radius 2 is 1.48 bits per heavy atom. The molecule has 0 saturated heterocycles. The number of hydrogen-bond acceptors (Lipinski definition) is 4. The summed E-state index contributed by atoms with van der Waals surface area (Å²) in [5.74, 6) is -1.89. The van der Waals surface area contributed by atoms with Gasteiger partial charge in [0, 0.05) is 35.1 Å². The van der Waals surface area contributed by atoms with Gasteiger partial charge in [0.1, 0.15) is 18.4 Å². The summed E-state index contributed by atoms with van der Waals surface area (Å²) >= 11 is 19.1. The first-order valence-corrected chi connectivity index (χ1v) is 17.2. The van der Waals surface area contributed by atoms with E-state index in [1.54, 1.807) is 36.4 Å². The molecule has 0 unspecified atom stereocenters. The Balaban J connectivity index is 1.83. The van der Waals surface area contributed by atoms with Crippen LogP contribution in [0.5, 0.6) is 0 Å². The highest BCUT2D eigenvalue weighted by molar-refractivity contribution is 7.92.